The van der Waals surface area contributed by atoms with Crippen molar-refractivity contribution in [1.82, 2.24) is 9.80 Å². The zero-order valence-corrected chi connectivity index (χ0v) is 12.6. The molecular formula is C15H25N3S. The number of rotatable bonds is 3. The number of nitrogens with two attached hydrogens (primary N) is 1. The minimum Gasteiger partial charge on any atom is -0.326 e. The highest BCUT2D eigenvalue weighted by atomic mass is 32.1. The molecule has 3 heterocycles. The second-order valence-corrected chi connectivity index (χ2v) is 6.82. The van der Waals surface area contributed by atoms with Gasteiger partial charge in [0.05, 0.1) is 6.04 Å². The molecular weight excluding hydrogens is 254 g/mol. The minimum atomic E-state index is 0.199. The molecule has 0 aliphatic carbocycles. The van der Waals surface area contributed by atoms with E-state index in [1.165, 1.54) is 51.0 Å². The van der Waals surface area contributed by atoms with Crippen molar-refractivity contribution in [2.24, 2.45) is 5.73 Å². The maximum atomic E-state index is 6.28. The first-order valence-corrected chi connectivity index (χ1v) is 8.46. The van der Waals surface area contributed by atoms with Gasteiger partial charge in [-0.15, -0.1) is 0 Å². The number of fused-ring (bicyclic) bond motifs is 1. The molecule has 2 fully saturated rings. The first-order valence-electron chi connectivity index (χ1n) is 7.51. The van der Waals surface area contributed by atoms with Crippen LogP contribution in [0.4, 0.5) is 0 Å². The predicted octanol–water partition coefficient (Wildman–Crippen LogP) is 2.31. The fourth-order valence-corrected chi connectivity index (χ4v) is 4.41. The number of thiophene rings is 1. The van der Waals surface area contributed by atoms with Crippen LogP contribution in [0.3, 0.4) is 0 Å². The Hall–Kier alpha value is -0.420. The lowest BCUT2D eigenvalue weighted by atomic mass is 9.95. The highest BCUT2D eigenvalue weighted by Crippen LogP contribution is 2.30. The maximum absolute atomic E-state index is 6.28. The minimum absolute atomic E-state index is 0.199. The van der Waals surface area contributed by atoms with Crippen LogP contribution in [0, 0.1) is 0 Å². The van der Waals surface area contributed by atoms with Crippen LogP contribution in [-0.2, 0) is 0 Å². The molecule has 2 aliphatic rings. The largest absolute Gasteiger partial charge is 0.326 e. The Morgan fingerprint density at radius 2 is 2.21 bits per heavy atom. The monoisotopic (exact) mass is 279 g/mol. The van der Waals surface area contributed by atoms with Crippen molar-refractivity contribution >= 4 is 11.3 Å². The molecule has 0 aromatic carbocycles. The van der Waals surface area contributed by atoms with E-state index in [-0.39, 0.29) is 6.04 Å². The van der Waals surface area contributed by atoms with Crippen molar-refractivity contribution in [1.29, 1.82) is 0 Å². The predicted molar refractivity (Wildman–Crippen MR) is 81.5 cm³/mol. The Balaban J connectivity index is 1.73. The summed E-state index contributed by atoms with van der Waals surface area (Å²) in [4.78, 5) is 5.31. The molecule has 2 aliphatic heterocycles. The van der Waals surface area contributed by atoms with E-state index >= 15 is 0 Å². The summed E-state index contributed by atoms with van der Waals surface area (Å²) in [6, 6.07) is 3.61. The lowest BCUT2D eigenvalue weighted by molar-refractivity contribution is 0.0221. The van der Waals surface area contributed by atoms with Gasteiger partial charge in [0.2, 0.25) is 0 Å². The number of hydrogen-bond donors (Lipinski definition) is 1. The van der Waals surface area contributed by atoms with Crippen LogP contribution < -0.4 is 5.73 Å². The fraction of sp³-hybridized carbons (Fsp3) is 0.733. The molecule has 3 nitrogen and oxygen atoms in total. The standard InChI is InChI=1S/C15H25N3S/c1-12(16)15(13-5-9-19-11-13)18-8-7-17-6-3-2-4-14(17)10-18/h5,9,11-12,14-15H,2-4,6-8,10,16H2,1H3. The third kappa shape index (κ3) is 2.87. The van der Waals surface area contributed by atoms with Crippen molar-refractivity contribution in [2.75, 3.05) is 26.2 Å². The highest BCUT2D eigenvalue weighted by Gasteiger charge is 2.33. The summed E-state index contributed by atoms with van der Waals surface area (Å²) < 4.78 is 0. The number of piperazine rings is 1. The Morgan fingerprint density at radius 1 is 1.32 bits per heavy atom. The molecule has 0 radical (unpaired) electrons. The third-order valence-corrected chi connectivity index (χ3v) is 5.35. The fourth-order valence-electron chi connectivity index (χ4n) is 3.72. The quantitative estimate of drug-likeness (QED) is 0.921. The molecule has 4 heteroatoms. The molecule has 106 valence electrons. The smallest absolute Gasteiger partial charge is 0.0505 e. The van der Waals surface area contributed by atoms with Crippen LogP contribution in [0.25, 0.3) is 0 Å². The van der Waals surface area contributed by atoms with Crippen molar-refractivity contribution in [2.45, 2.75) is 44.3 Å². The van der Waals surface area contributed by atoms with Gasteiger partial charge in [0.1, 0.15) is 0 Å². The Morgan fingerprint density at radius 3 is 2.95 bits per heavy atom. The molecule has 2 saturated heterocycles. The zero-order valence-electron chi connectivity index (χ0n) is 11.8. The summed E-state index contributed by atoms with van der Waals surface area (Å²) in [6.45, 7) is 7.04. The van der Waals surface area contributed by atoms with E-state index in [4.69, 9.17) is 5.73 Å². The molecule has 1 aromatic rings. The van der Waals surface area contributed by atoms with E-state index in [1.54, 1.807) is 11.3 Å². The van der Waals surface area contributed by atoms with Gasteiger partial charge in [-0.05, 0) is 48.7 Å². The van der Waals surface area contributed by atoms with Gasteiger partial charge in [0.25, 0.3) is 0 Å². The summed E-state index contributed by atoms with van der Waals surface area (Å²) in [5.74, 6) is 0. The van der Waals surface area contributed by atoms with Crippen molar-refractivity contribution in [3.8, 4) is 0 Å². The van der Waals surface area contributed by atoms with Gasteiger partial charge in [0, 0.05) is 31.7 Å². The van der Waals surface area contributed by atoms with Crippen molar-refractivity contribution in [3.63, 3.8) is 0 Å². The van der Waals surface area contributed by atoms with Crippen LogP contribution in [0.2, 0.25) is 0 Å². The summed E-state index contributed by atoms with van der Waals surface area (Å²) >= 11 is 1.78. The zero-order chi connectivity index (χ0) is 13.2. The second-order valence-electron chi connectivity index (χ2n) is 6.04. The molecule has 3 unspecified atom stereocenters. The van der Waals surface area contributed by atoms with E-state index < -0.39 is 0 Å². The molecule has 0 saturated carbocycles. The summed E-state index contributed by atoms with van der Waals surface area (Å²) in [7, 11) is 0. The number of piperidine rings is 1. The second kappa shape index (κ2) is 5.92. The molecule has 2 N–H and O–H groups in total. The molecule has 0 bridgehead atoms. The van der Waals surface area contributed by atoms with Crippen LogP contribution in [0.5, 0.6) is 0 Å². The van der Waals surface area contributed by atoms with Crippen molar-refractivity contribution in [3.05, 3.63) is 22.4 Å². The first kappa shape index (κ1) is 13.6. The van der Waals surface area contributed by atoms with Gasteiger partial charge in [-0.3, -0.25) is 9.80 Å². The third-order valence-electron chi connectivity index (χ3n) is 4.64. The van der Waals surface area contributed by atoms with Gasteiger partial charge in [0.15, 0.2) is 0 Å². The normalized spacial score (nSPS) is 28.8. The molecule has 0 amide bonds. The van der Waals surface area contributed by atoms with Gasteiger partial charge < -0.3 is 5.73 Å². The highest BCUT2D eigenvalue weighted by molar-refractivity contribution is 7.07. The molecule has 19 heavy (non-hydrogen) atoms. The molecule has 3 atom stereocenters. The summed E-state index contributed by atoms with van der Waals surface area (Å²) in [6.07, 6.45) is 4.15. The molecule has 1 aromatic heterocycles. The molecule has 3 rings (SSSR count). The van der Waals surface area contributed by atoms with Gasteiger partial charge in [-0.2, -0.15) is 11.3 Å². The number of hydrogen-bond acceptors (Lipinski definition) is 4. The Kier molecular flexibility index (Phi) is 4.22. The topological polar surface area (TPSA) is 32.5 Å². The van der Waals surface area contributed by atoms with E-state index in [9.17, 15) is 0 Å². The van der Waals surface area contributed by atoms with Crippen LogP contribution in [0.15, 0.2) is 16.8 Å². The van der Waals surface area contributed by atoms with Crippen LogP contribution in [-0.4, -0.2) is 48.1 Å². The summed E-state index contributed by atoms with van der Waals surface area (Å²) in [5.41, 5.74) is 7.68. The summed E-state index contributed by atoms with van der Waals surface area (Å²) in [5, 5.41) is 4.43. The average molecular weight is 279 g/mol. The van der Waals surface area contributed by atoms with E-state index in [0.29, 0.717) is 6.04 Å². The van der Waals surface area contributed by atoms with Crippen LogP contribution >= 0.6 is 11.3 Å². The Bertz CT molecular complexity index is 390. The Labute approximate surface area is 120 Å². The van der Waals surface area contributed by atoms with E-state index in [0.717, 1.165) is 6.04 Å². The maximum Gasteiger partial charge on any atom is 0.0505 e. The van der Waals surface area contributed by atoms with E-state index in [1.807, 2.05) is 0 Å². The van der Waals surface area contributed by atoms with E-state index in [2.05, 4.69) is 33.6 Å². The average Bonchev–Trinajstić information content (AvgIpc) is 2.92. The van der Waals surface area contributed by atoms with Gasteiger partial charge in [-0.25, -0.2) is 0 Å². The van der Waals surface area contributed by atoms with Gasteiger partial charge >= 0.3 is 0 Å². The van der Waals surface area contributed by atoms with Crippen LogP contribution in [0.1, 0.15) is 37.8 Å². The lowest BCUT2D eigenvalue weighted by Crippen LogP contribution is -2.57. The van der Waals surface area contributed by atoms with Crippen molar-refractivity contribution < 1.29 is 0 Å². The molecule has 0 spiro atoms. The lowest BCUT2D eigenvalue weighted by Gasteiger charge is -2.47. The SMILES string of the molecule is CC(N)C(c1ccsc1)N1CCN2CCCCC2C1. The first-order chi connectivity index (χ1) is 9.25. The van der Waals surface area contributed by atoms with Gasteiger partial charge in [-0.1, -0.05) is 6.42 Å². The number of nitrogens with zero attached hydrogens (tertiary/aromatic N) is 2.